The number of rotatable bonds is 3. The van der Waals surface area contributed by atoms with E-state index >= 15 is 0 Å². The van der Waals surface area contributed by atoms with Gasteiger partial charge >= 0.3 is 0 Å². The van der Waals surface area contributed by atoms with Gasteiger partial charge in [-0.1, -0.05) is 0 Å². The molecule has 0 aliphatic carbocycles. The van der Waals surface area contributed by atoms with Crippen LogP contribution in [0.3, 0.4) is 0 Å². The zero-order chi connectivity index (χ0) is 11.5. The van der Waals surface area contributed by atoms with Crippen molar-refractivity contribution in [1.29, 1.82) is 0 Å². The van der Waals surface area contributed by atoms with E-state index < -0.39 is 0 Å². The van der Waals surface area contributed by atoms with Gasteiger partial charge in [0, 0.05) is 15.5 Å². The number of nitrogens with two attached hydrogens (primary N) is 1. The SMILES string of the molecule is Cc1nc(-c2ncccc2Br)sc1CCN. The molecule has 0 aliphatic rings. The van der Waals surface area contributed by atoms with Crippen LogP contribution in [0.5, 0.6) is 0 Å². The number of nitrogens with zero attached hydrogens (tertiary/aromatic N) is 2. The first-order valence-electron chi connectivity index (χ1n) is 4.99. The van der Waals surface area contributed by atoms with Crippen LogP contribution < -0.4 is 5.73 Å². The number of pyridine rings is 1. The maximum atomic E-state index is 5.56. The molecule has 0 saturated heterocycles. The van der Waals surface area contributed by atoms with Crippen LogP contribution >= 0.6 is 27.3 Å². The van der Waals surface area contributed by atoms with Crippen molar-refractivity contribution in [2.75, 3.05) is 6.54 Å². The fraction of sp³-hybridized carbons (Fsp3) is 0.273. The number of hydrogen-bond donors (Lipinski definition) is 1. The number of aryl methyl sites for hydroxylation is 1. The Morgan fingerprint density at radius 2 is 2.31 bits per heavy atom. The normalized spacial score (nSPS) is 10.7. The fourth-order valence-corrected chi connectivity index (χ4v) is 3.10. The second-order valence-corrected chi connectivity index (χ2v) is 5.34. The average molecular weight is 298 g/mol. The lowest BCUT2D eigenvalue weighted by molar-refractivity contribution is 0.970. The van der Waals surface area contributed by atoms with E-state index in [1.807, 2.05) is 19.1 Å². The van der Waals surface area contributed by atoms with Crippen LogP contribution in [0.1, 0.15) is 10.6 Å². The summed E-state index contributed by atoms with van der Waals surface area (Å²) in [6, 6.07) is 3.87. The van der Waals surface area contributed by atoms with Gasteiger partial charge in [-0.05, 0) is 48.0 Å². The molecule has 3 nitrogen and oxygen atoms in total. The van der Waals surface area contributed by atoms with Gasteiger partial charge in [-0.2, -0.15) is 0 Å². The van der Waals surface area contributed by atoms with E-state index in [4.69, 9.17) is 5.73 Å². The molecule has 0 spiro atoms. The lowest BCUT2D eigenvalue weighted by Gasteiger charge is -1.97. The van der Waals surface area contributed by atoms with Crippen LogP contribution in [0, 0.1) is 6.92 Å². The van der Waals surface area contributed by atoms with Gasteiger partial charge in [0.25, 0.3) is 0 Å². The largest absolute Gasteiger partial charge is 0.330 e. The highest BCUT2D eigenvalue weighted by Crippen LogP contribution is 2.31. The highest BCUT2D eigenvalue weighted by Gasteiger charge is 2.11. The number of aromatic nitrogens is 2. The van der Waals surface area contributed by atoms with Gasteiger partial charge in [-0.15, -0.1) is 11.3 Å². The summed E-state index contributed by atoms with van der Waals surface area (Å²) >= 11 is 5.15. The Kier molecular flexibility index (Phi) is 3.68. The predicted octanol–water partition coefficient (Wildman–Crippen LogP) is 2.78. The highest BCUT2D eigenvalue weighted by molar-refractivity contribution is 9.10. The second-order valence-electron chi connectivity index (χ2n) is 3.40. The van der Waals surface area contributed by atoms with Gasteiger partial charge < -0.3 is 5.73 Å². The molecular formula is C11H12BrN3S. The minimum atomic E-state index is 0.659. The van der Waals surface area contributed by atoms with Crippen molar-refractivity contribution in [1.82, 2.24) is 9.97 Å². The lowest BCUT2D eigenvalue weighted by Crippen LogP contribution is -2.01. The van der Waals surface area contributed by atoms with Crippen LogP contribution in [0.4, 0.5) is 0 Å². The van der Waals surface area contributed by atoms with Crippen LogP contribution in [0.25, 0.3) is 10.7 Å². The number of halogens is 1. The van der Waals surface area contributed by atoms with Crippen molar-refractivity contribution in [2.45, 2.75) is 13.3 Å². The first-order valence-corrected chi connectivity index (χ1v) is 6.60. The van der Waals surface area contributed by atoms with Crippen LogP contribution in [0.15, 0.2) is 22.8 Å². The van der Waals surface area contributed by atoms with E-state index in [0.29, 0.717) is 6.54 Å². The average Bonchev–Trinajstić information content (AvgIpc) is 2.61. The molecule has 0 atom stereocenters. The molecule has 5 heteroatoms. The third kappa shape index (κ3) is 2.31. The molecule has 0 radical (unpaired) electrons. The summed E-state index contributed by atoms with van der Waals surface area (Å²) in [4.78, 5) is 10.1. The molecule has 2 aromatic rings. The third-order valence-electron chi connectivity index (χ3n) is 2.23. The van der Waals surface area contributed by atoms with Crippen molar-refractivity contribution in [2.24, 2.45) is 5.73 Å². The third-order valence-corrected chi connectivity index (χ3v) is 4.09. The van der Waals surface area contributed by atoms with E-state index in [2.05, 4.69) is 25.9 Å². The highest BCUT2D eigenvalue weighted by atomic mass is 79.9. The molecule has 2 rings (SSSR count). The molecule has 0 aromatic carbocycles. The molecule has 2 N–H and O–H groups in total. The zero-order valence-corrected chi connectivity index (χ0v) is 11.3. The van der Waals surface area contributed by atoms with Crippen LogP contribution in [-0.2, 0) is 6.42 Å². The summed E-state index contributed by atoms with van der Waals surface area (Å²) in [6.07, 6.45) is 2.66. The van der Waals surface area contributed by atoms with Gasteiger partial charge in [0.2, 0.25) is 0 Å². The standard InChI is InChI=1S/C11H12BrN3S/c1-7-9(4-5-13)16-11(15-7)10-8(12)3-2-6-14-10/h2-3,6H,4-5,13H2,1H3. The Hall–Kier alpha value is -0.780. The van der Waals surface area contributed by atoms with Crippen LogP contribution in [0.2, 0.25) is 0 Å². The van der Waals surface area contributed by atoms with Crippen molar-refractivity contribution >= 4 is 27.3 Å². The van der Waals surface area contributed by atoms with Crippen molar-refractivity contribution < 1.29 is 0 Å². The Balaban J connectivity index is 2.42. The predicted molar refractivity (Wildman–Crippen MR) is 70.5 cm³/mol. The fourth-order valence-electron chi connectivity index (χ4n) is 1.44. The van der Waals surface area contributed by atoms with Gasteiger partial charge in [0.1, 0.15) is 10.7 Å². The van der Waals surface area contributed by atoms with Gasteiger partial charge in [-0.25, -0.2) is 4.98 Å². The molecular weight excluding hydrogens is 286 g/mol. The topological polar surface area (TPSA) is 51.8 Å². The zero-order valence-electron chi connectivity index (χ0n) is 8.90. The summed E-state index contributed by atoms with van der Waals surface area (Å²) in [7, 11) is 0. The Bertz CT molecular complexity index is 496. The van der Waals surface area contributed by atoms with E-state index in [1.54, 1.807) is 17.5 Å². The summed E-state index contributed by atoms with van der Waals surface area (Å²) in [5.74, 6) is 0. The summed E-state index contributed by atoms with van der Waals surface area (Å²) in [5, 5.41) is 0.952. The minimum Gasteiger partial charge on any atom is -0.330 e. The Morgan fingerprint density at radius 3 is 3.00 bits per heavy atom. The quantitative estimate of drug-likeness (QED) is 0.948. The molecule has 84 valence electrons. The van der Waals surface area contributed by atoms with E-state index in [-0.39, 0.29) is 0 Å². The van der Waals surface area contributed by atoms with E-state index in [1.165, 1.54) is 4.88 Å². The van der Waals surface area contributed by atoms with Gasteiger partial charge in [0.15, 0.2) is 0 Å². The maximum Gasteiger partial charge on any atom is 0.143 e. The lowest BCUT2D eigenvalue weighted by atomic mass is 10.3. The van der Waals surface area contributed by atoms with E-state index in [0.717, 1.165) is 27.3 Å². The molecule has 0 bridgehead atoms. The Labute approximate surface area is 107 Å². The maximum absolute atomic E-state index is 5.56. The first kappa shape index (κ1) is 11.7. The molecule has 0 fully saturated rings. The first-order chi connectivity index (χ1) is 7.72. The summed E-state index contributed by atoms with van der Waals surface area (Å²) < 4.78 is 0.975. The Morgan fingerprint density at radius 1 is 1.50 bits per heavy atom. The van der Waals surface area contributed by atoms with Crippen molar-refractivity contribution in [3.8, 4) is 10.7 Å². The van der Waals surface area contributed by atoms with E-state index in [9.17, 15) is 0 Å². The molecule has 0 unspecified atom stereocenters. The molecule has 2 heterocycles. The molecule has 0 saturated carbocycles. The summed E-state index contributed by atoms with van der Waals surface area (Å²) in [5.41, 5.74) is 7.52. The second kappa shape index (κ2) is 5.03. The van der Waals surface area contributed by atoms with Gasteiger partial charge in [0.05, 0.1) is 5.69 Å². The molecule has 0 amide bonds. The summed E-state index contributed by atoms with van der Waals surface area (Å²) in [6.45, 7) is 2.67. The molecule has 0 aliphatic heterocycles. The number of hydrogen-bond acceptors (Lipinski definition) is 4. The number of thiazole rings is 1. The van der Waals surface area contributed by atoms with Crippen molar-refractivity contribution in [3.05, 3.63) is 33.4 Å². The van der Waals surface area contributed by atoms with Gasteiger partial charge in [-0.3, -0.25) is 4.98 Å². The minimum absolute atomic E-state index is 0.659. The molecule has 16 heavy (non-hydrogen) atoms. The smallest absolute Gasteiger partial charge is 0.143 e. The van der Waals surface area contributed by atoms with Crippen LogP contribution in [-0.4, -0.2) is 16.5 Å². The molecule has 2 aromatic heterocycles. The monoisotopic (exact) mass is 297 g/mol. The van der Waals surface area contributed by atoms with Crippen molar-refractivity contribution in [3.63, 3.8) is 0 Å².